The van der Waals surface area contributed by atoms with Crippen LogP contribution in [0.2, 0.25) is 0 Å². The zero-order chi connectivity index (χ0) is 7.98. The molecule has 0 fully saturated rings. The van der Waals surface area contributed by atoms with Gasteiger partial charge in [-0.1, -0.05) is 6.58 Å². The van der Waals surface area contributed by atoms with E-state index in [1.807, 2.05) is 6.92 Å². The van der Waals surface area contributed by atoms with E-state index in [4.69, 9.17) is 4.74 Å². The van der Waals surface area contributed by atoms with E-state index < -0.39 is 0 Å². The highest BCUT2D eigenvalue weighted by Gasteiger charge is 2.03. The van der Waals surface area contributed by atoms with Crippen molar-refractivity contribution in [3.63, 3.8) is 0 Å². The summed E-state index contributed by atoms with van der Waals surface area (Å²) in [5, 5.41) is 2.89. The second kappa shape index (κ2) is 4.99. The lowest BCUT2D eigenvalue weighted by molar-refractivity contribution is -0.141. The van der Waals surface area contributed by atoms with Crippen molar-refractivity contribution in [2.75, 3.05) is 13.6 Å². The molecule has 1 N–H and O–H groups in total. The Bertz CT molecular complexity index is 123. The highest BCUT2D eigenvalue weighted by atomic mass is 16.5. The summed E-state index contributed by atoms with van der Waals surface area (Å²) in [6, 6.07) is 0. The molecule has 0 spiro atoms. The molecule has 0 heterocycles. The smallest absolute Gasteiger partial charge is 0.330 e. The largest absolute Gasteiger partial charge is 0.458 e. The minimum absolute atomic E-state index is 0.0875. The number of rotatable bonds is 4. The molecule has 1 atom stereocenters. The zero-order valence-electron chi connectivity index (χ0n) is 6.39. The monoisotopic (exact) mass is 143 g/mol. The lowest BCUT2D eigenvalue weighted by Crippen LogP contribution is -2.25. The van der Waals surface area contributed by atoms with Gasteiger partial charge >= 0.3 is 5.97 Å². The molecule has 3 nitrogen and oxygen atoms in total. The van der Waals surface area contributed by atoms with E-state index in [2.05, 4.69) is 11.9 Å². The van der Waals surface area contributed by atoms with Crippen molar-refractivity contribution in [3.8, 4) is 0 Å². The van der Waals surface area contributed by atoms with Gasteiger partial charge < -0.3 is 10.1 Å². The topological polar surface area (TPSA) is 38.3 Å². The van der Waals surface area contributed by atoms with Gasteiger partial charge in [-0.2, -0.15) is 0 Å². The summed E-state index contributed by atoms with van der Waals surface area (Å²) in [4.78, 5) is 10.5. The highest BCUT2D eigenvalue weighted by molar-refractivity contribution is 5.81. The van der Waals surface area contributed by atoms with Crippen LogP contribution in [0, 0.1) is 0 Å². The first-order valence-corrected chi connectivity index (χ1v) is 3.18. The Morgan fingerprint density at radius 2 is 2.50 bits per heavy atom. The van der Waals surface area contributed by atoms with E-state index in [0.717, 1.165) is 6.08 Å². The Morgan fingerprint density at radius 3 is 2.90 bits per heavy atom. The van der Waals surface area contributed by atoms with Crippen LogP contribution in [0.15, 0.2) is 12.7 Å². The Kier molecular flexibility index (Phi) is 4.58. The Balaban J connectivity index is 3.46. The maximum absolute atomic E-state index is 10.5. The number of ether oxygens (including phenoxy) is 1. The Labute approximate surface area is 61.1 Å². The second-order valence-corrected chi connectivity index (χ2v) is 2.01. The number of likely N-dealkylation sites (N-methyl/N-ethyl adjacent to an activating group) is 1. The molecule has 0 aromatic heterocycles. The molecule has 0 amide bonds. The van der Waals surface area contributed by atoms with Gasteiger partial charge in [-0.25, -0.2) is 4.79 Å². The molecule has 0 rings (SSSR count). The maximum Gasteiger partial charge on any atom is 0.330 e. The summed E-state index contributed by atoms with van der Waals surface area (Å²) in [5.41, 5.74) is 0. The summed E-state index contributed by atoms with van der Waals surface area (Å²) >= 11 is 0. The maximum atomic E-state index is 10.5. The summed E-state index contributed by atoms with van der Waals surface area (Å²) in [7, 11) is 1.80. The molecule has 0 aliphatic carbocycles. The molecule has 0 saturated carbocycles. The first-order chi connectivity index (χ1) is 4.70. The minimum Gasteiger partial charge on any atom is -0.458 e. The van der Waals surface area contributed by atoms with E-state index in [-0.39, 0.29) is 12.1 Å². The molecule has 0 aliphatic rings. The highest BCUT2D eigenvalue weighted by Crippen LogP contribution is 1.88. The summed E-state index contributed by atoms with van der Waals surface area (Å²) in [5.74, 6) is -0.372. The molecule has 58 valence electrons. The van der Waals surface area contributed by atoms with Crippen molar-refractivity contribution in [2.24, 2.45) is 0 Å². The van der Waals surface area contributed by atoms with Crippen LogP contribution in [0.3, 0.4) is 0 Å². The molecule has 0 aromatic carbocycles. The van der Waals surface area contributed by atoms with E-state index in [1.54, 1.807) is 7.05 Å². The fraction of sp³-hybridized carbons (Fsp3) is 0.571. The van der Waals surface area contributed by atoms with Crippen molar-refractivity contribution >= 4 is 5.97 Å². The van der Waals surface area contributed by atoms with Gasteiger partial charge in [0.2, 0.25) is 0 Å². The van der Waals surface area contributed by atoms with Crippen LogP contribution < -0.4 is 5.32 Å². The standard InChI is InChI=1S/C7H13NO2/c1-4-7(9)10-6(2)5-8-3/h4,6,8H,1,5H2,2-3H3. The number of carbonyl (C=O) groups is 1. The minimum atomic E-state index is -0.372. The second-order valence-electron chi connectivity index (χ2n) is 2.01. The molecule has 0 aromatic rings. The predicted octanol–water partition coefficient (Wildman–Crippen LogP) is 0.323. The third-order valence-corrected chi connectivity index (χ3v) is 0.976. The molecule has 10 heavy (non-hydrogen) atoms. The first kappa shape index (κ1) is 9.17. The third-order valence-electron chi connectivity index (χ3n) is 0.976. The molecular formula is C7H13NO2. The van der Waals surface area contributed by atoms with Gasteiger partial charge in [0, 0.05) is 12.6 Å². The quantitative estimate of drug-likeness (QED) is 0.455. The first-order valence-electron chi connectivity index (χ1n) is 3.18. The van der Waals surface area contributed by atoms with Crippen molar-refractivity contribution < 1.29 is 9.53 Å². The van der Waals surface area contributed by atoms with Crippen molar-refractivity contribution in [2.45, 2.75) is 13.0 Å². The molecule has 1 unspecified atom stereocenters. The SMILES string of the molecule is C=CC(=O)OC(C)CNC. The van der Waals surface area contributed by atoms with Crippen LogP contribution in [0.5, 0.6) is 0 Å². The van der Waals surface area contributed by atoms with E-state index >= 15 is 0 Å². The fourth-order valence-corrected chi connectivity index (χ4v) is 0.576. The summed E-state index contributed by atoms with van der Waals surface area (Å²) < 4.78 is 4.82. The Morgan fingerprint density at radius 1 is 1.90 bits per heavy atom. The van der Waals surface area contributed by atoms with E-state index in [1.165, 1.54) is 0 Å². The molecule has 0 radical (unpaired) electrons. The average molecular weight is 143 g/mol. The molecule has 0 saturated heterocycles. The van der Waals surface area contributed by atoms with Gasteiger partial charge in [-0.15, -0.1) is 0 Å². The summed E-state index contributed by atoms with van der Waals surface area (Å²) in [6.07, 6.45) is 1.07. The fourth-order valence-electron chi connectivity index (χ4n) is 0.576. The van der Waals surface area contributed by atoms with Gasteiger partial charge in [0.1, 0.15) is 6.10 Å². The van der Waals surface area contributed by atoms with Crippen LogP contribution >= 0.6 is 0 Å². The molecule has 0 aliphatic heterocycles. The van der Waals surface area contributed by atoms with Gasteiger partial charge in [0.15, 0.2) is 0 Å². The normalized spacial score (nSPS) is 12.2. The van der Waals surface area contributed by atoms with Crippen molar-refractivity contribution in [3.05, 3.63) is 12.7 Å². The predicted molar refractivity (Wildman–Crippen MR) is 39.7 cm³/mol. The molecule has 3 heteroatoms. The van der Waals surface area contributed by atoms with Crippen LogP contribution in [-0.2, 0) is 9.53 Å². The summed E-state index contributed by atoms with van der Waals surface area (Å²) in [6.45, 7) is 5.76. The van der Waals surface area contributed by atoms with Crippen LogP contribution in [0.4, 0.5) is 0 Å². The van der Waals surface area contributed by atoms with Crippen molar-refractivity contribution in [1.82, 2.24) is 5.32 Å². The van der Waals surface area contributed by atoms with E-state index in [0.29, 0.717) is 6.54 Å². The van der Waals surface area contributed by atoms with Crippen LogP contribution in [0.1, 0.15) is 6.92 Å². The average Bonchev–Trinajstić information content (AvgIpc) is 1.88. The number of hydrogen-bond acceptors (Lipinski definition) is 3. The van der Waals surface area contributed by atoms with Crippen LogP contribution in [-0.4, -0.2) is 25.7 Å². The van der Waals surface area contributed by atoms with Gasteiger partial charge in [-0.05, 0) is 14.0 Å². The third kappa shape index (κ3) is 4.09. The van der Waals surface area contributed by atoms with Crippen molar-refractivity contribution in [1.29, 1.82) is 0 Å². The lowest BCUT2D eigenvalue weighted by atomic mass is 10.4. The van der Waals surface area contributed by atoms with Gasteiger partial charge in [0.25, 0.3) is 0 Å². The number of nitrogens with one attached hydrogen (secondary N) is 1. The van der Waals surface area contributed by atoms with Gasteiger partial charge in [0.05, 0.1) is 0 Å². The van der Waals surface area contributed by atoms with Gasteiger partial charge in [-0.3, -0.25) is 0 Å². The lowest BCUT2D eigenvalue weighted by Gasteiger charge is -2.09. The number of carbonyl (C=O) groups excluding carboxylic acids is 1. The van der Waals surface area contributed by atoms with E-state index in [9.17, 15) is 4.79 Å². The molecule has 0 bridgehead atoms. The zero-order valence-corrected chi connectivity index (χ0v) is 6.39. The number of esters is 1. The Hall–Kier alpha value is -0.830. The number of hydrogen-bond donors (Lipinski definition) is 1. The molecular weight excluding hydrogens is 130 g/mol. The van der Waals surface area contributed by atoms with Crippen LogP contribution in [0.25, 0.3) is 0 Å².